The van der Waals surface area contributed by atoms with Crippen LogP contribution in [0.4, 0.5) is 16.2 Å². The van der Waals surface area contributed by atoms with Crippen molar-refractivity contribution in [1.29, 1.82) is 0 Å². The van der Waals surface area contributed by atoms with Crippen molar-refractivity contribution in [3.8, 4) is 0 Å². The first-order valence-electron chi connectivity index (χ1n) is 8.77. The maximum atomic E-state index is 12.7. The molecule has 7 nitrogen and oxygen atoms in total. The molecule has 2 fully saturated rings. The highest BCUT2D eigenvalue weighted by atomic mass is 35.5. The normalized spacial score (nSPS) is 19.4. The third-order valence-electron chi connectivity index (χ3n) is 4.86. The van der Waals surface area contributed by atoms with Crippen LogP contribution in [0.25, 0.3) is 0 Å². The Morgan fingerprint density at radius 2 is 2.04 bits per heavy atom. The van der Waals surface area contributed by atoms with Crippen LogP contribution in [-0.4, -0.2) is 35.3 Å². The van der Waals surface area contributed by atoms with Gasteiger partial charge in [0.05, 0.1) is 10.7 Å². The van der Waals surface area contributed by atoms with Gasteiger partial charge in [-0.3, -0.25) is 9.59 Å². The lowest BCUT2D eigenvalue weighted by molar-refractivity contribution is -0.120. The van der Waals surface area contributed by atoms with Crippen LogP contribution >= 0.6 is 11.6 Å². The molecule has 3 heterocycles. The molecule has 0 saturated carbocycles. The van der Waals surface area contributed by atoms with E-state index in [1.807, 2.05) is 0 Å². The van der Waals surface area contributed by atoms with Crippen molar-refractivity contribution in [2.45, 2.75) is 32.2 Å². The van der Waals surface area contributed by atoms with Crippen molar-refractivity contribution in [1.82, 2.24) is 4.90 Å². The van der Waals surface area contributed by atoms with Crippen molar-refractivity contribution in [2.24, 2.45) is 0 Å². The predicted molar refractivity (Wildman–Crippen MR) is 100 cm³/mol. The van der Waals surface area contributed by atoms with Crippen molar-refractivity contribution >= 4 is 40.8 Å². The monoisotopic (exact) mass is 387 g/mol. The highest BCUT2D eigenvalue weighted by Gasteiger charge is 2.47. The number of carbonyl (C=O) groups is 3. The first-order valence-corrected chi connectivity index (χ1v) is 9.15. The topological polar surface area (TPSA) is 82.9 Å². The molecule has 1 atom stereocenters. The summed E-state index contributed by atoms with van der Waals surface area (Å²) in [6.45, 7) is 2.33. The zero-order valence-electron chi connectivity index (χ0n) is 14.7. The van der Waals surface area contributed by atoms with Crippen LogP contribution in [0.3, 0.4) is 0 Å². The predicted octanol–water partition coefficient (Wildman–Crippen LogP) is 3.81. The fourth-order valence-corrected chi connectivity index (χ4v) is 3.79. The van der Waals surface area contributed by atoms with Crippen LogP contribution in [-0.2, 0) is 4.79 Å². The second kappa shape index (κ2) is 6.74. The van der Waals surface area contributed by atoms with Crippen LogP contribution < -0.4 is 10.2 Å². The lowest BCUT2D eigenvalue weighted by Crippen LogP contribution is -2.39. The van der Waals surface area contributed by atoms with E-state index in [0.29, 0.717) is 30.1 Å². The summed E-state index contributed by atoms with van der Waals surface area (Å²) in [5.74, 6) is 0.173. The molecule has 2 aliphatic rings. The Hall–Kier alpha value is -2.80. The molecule has 27 heavy (non-hydrogen) atoms. The minimum Gasteiger partial charge on any atom is -0.456 e. The van der Waals surface area contributed by atoms with E-state index in [1.54, 1.807) is 36.1 Å². The molecule has 0 aliphatic carbocycles. The molecule has 140 valence electrons. The molecule has 2 aromatic rings. The minimum atomic E-state index is -0.405. The van der Waals surface area contributed by atoms with E-state index in [4.69, 9.17) is 16.0 Å². The SMILES string of the molecule is Cc1ccc(C(=O)Nc2ccc(N3C(=O)C4CCCCN4C3=O)c(Cl)c2)o1. The number of imide groups is 1. The Bertz CT molecular complexity index is 915. The van der Waals surface area contributed by atoms with E-state index in [-0.39, 0.29) is 22.7 Å². The fourth-order valence-electron chi connectivity index (χ4n) is 3.53. The van der Waals surface area contributed by atoms with Crippen LogP contribution in [0.5, 0.6) is 0 Å². The summed E-state index contributed by atoms with van der Waals surface area (Å²) in [5.41, 5.74) is 0.771. The number of halogens is 1. The number of amides is 4. The molecule has 0 bridgehead atoms. The summed E-state index contributed by atoms with van der Waals surface area (Å²) >= 11 is 6.33. The number of benzene rings is 1. The number of rotatable bonds is 3. The van der Waals surface area contributed by atoms with Gasteiger partial charge in [-0.15, -0.1) is 0 Å². The summed E-state index contributed by atoms with van der Waals surface area (Å²) in [7, 11) is 0. The van der Waals surface area contributed by atoms with Crippen molar-refractivity contribution in [3.63, 3.8) is 0 Å². The third-order valence-corrected chi connectivity index (χ3v) is 5.16. The summed E-state index contributed by atoms with van der Waals surface area (Å²) < 4.78 is 5.29. The average Bonchev–Trinajstić information content (AvgIpc) is 3.19. The summed E-state index contributed by atoms with van der Waals surface area (Å²) in [6, 6.07) is 7.23. The minimum absolute atomic E-state index is 0.189. The number of hydrogen-bond donors (Lipinski definition) is 1. The van der Waals surface area contributed by atoms with Gasteiger partial charge in [0, 0.05) is 12.2 Å². The Balaban J connectivity index is 1.56. The molecule has 0 spiro atoms. The van der Waals surface area contributed by atoms with Gasteiger partial charge in [0.2, 0.25) is 0 Å². The van der Waals surface area contributed by atoms with E-state index < -0.39 is 11.9 Å². The highest BCUT2D eigenvalue weighted by Crippen LogP contribution is 2.35. The van der Waals surface area contributed by atoms with Crippen LogP contribution in [0.2, 0.25) is 5.02 Å². The van der Waals surface area contributed by atoms with Gasteiger partial charge < -0.3 is 14.6 Å². The van der Waals surface area contributed by atoms with E-state index in [0.717, 1.165) is 17.7 Å². The first-order chi connectivity index (χ1) is 13.0. The number of carbonyl (C=O) groups excluding carboxylic acids is 3. The largest absolute Gasteiger partial charge is 0.456 e. The maximum Gasteiger partial charge on any atom is 0.332 e. The number of nitrogens with one attached hydrogen (secondary N) is 1. The second-order valence-electron chi connectivity index (χ2n) is 6.69. The molecule has 1 aromatic heterocycles. The average molecular weight is 388 g/mol. The van der Waals surface area contributed by atoms with Gasteiger partial charge >= 0.3 is 6.03 Å². The lowest BCUT2D eigenvalue weighted by atomic mass is 10.0. The second-order valence-corrected chi connectivity index (χ2v) is 7.10. The number of hydrogen-bond acceptors (Lipinski definition) is 4. The quantitative estimate of drug-likeness (QED) is 0.811. The number of fused-ring (bicyclic) bond motifs is 1. The molecular weight excluding hydrogens is 370 g/mol. The Morgan fingerprint density at radius 1 is 1.22 bits per heavy atom. The number of anilines is 2. The molecule has 2 aliphatic heterocycles. The summed E-state index contributed by atoms with van der Waals surface area (Å²) in [4.78, 5) is 40.2. The molecule has 4 rings (SSSR count). The van der Waals surface area contributed by atoms with Gasteiger partial charge in [-0.25, -0.2) is 9.69 Å². The smallest absolute Gasteiger partial charge is 0.332 e. The van der Waals surface area contributed by atoms with Crippen molar-refractivity contribution < 1.29 is 18.8 Å². The van der Waals surface area contributed by atoms with Gasteiger partial charge in [0.25, 0.3) is 11.8 Å². The molecular formula is C19H18ClN3O4. The highest BCUT2D eigenvalue weighted by molar-refractivity contribution is 6.36. The van der Waals surface area contributed by atoms with Gasteiger partial charge in [-0.1, -0.05) is 11.6 Å². The fraction of sp³-hybridized carbons (Fsp3) is 0.316. The summed E-state index contributed by atoms with van der Waals surface area (Å²) in [5, 5.41) is 2.90. The molecule has 2 saturated heterocycles. The first kappa shape index (κ1) is 17.6. The Kier molecular flexibility index (Phi) is 4.39. The standard InChI is InChI=1S/C19H18ClN3O4/c1-11-5-8-16(27-11)17(24)21-12-6-7-14(13(20)10-12)23-18(25)15-4-2-3-9-22(15)19(23)26/h5-8,10,15H,2-4,9H2,1H3,(H,21,24). The van der Waals surface area contributed by atoms with E-state index in [1.165, 1.54) is 6.07 Å². The molecule has 1 unspecified atom stereocenters. The van der Waals surface area contributed by atoms with E-state index in [2.05, 4.69) is 5.32 Å². The van der Waals surface area contributed by atoms with Gasteiger partial charge in [-0.2, -0.15) is 0 Å². The van der Waals surface area contributed by atoms with E-state index >= 15 is 0 Å². The summed E-state index contributed by atoms with van der Waals surface area (Å²) in [6.07, 6.45) is 2.50. The Labute approximate surface area is 160 Å². The van der Waals surface area contributed by atoms with Crippen LogP contribution in [0, 0.1) is 6.92 Å². The van der Waals surface area contributed by atoms with Crippen molar-refractivity contribution in [3.05, 3.63) is 46.9 Å². The number of furan rings is 1. The Morgan fingerprint density at radius 3 is 2.70 bits per heavy atom. The lowest BCUT2D eigenvalue weighted by Gasteiger charge is -2.26. The maximum absolute atomic E-state index is 12.7. The van der Waals surface area contributed by atoms with Gasteiger partial charge in [0.15, 0.2) is 5.76 Å². The molecule has 0 radical (unpaired) electrons. The molecule has 4 amide bonds. The van der Waals surface area contributed by atoms with Crippen molar-refractivity contribution in [2.75, 3.05) is 16.8 Å². The number of piperidine rings is 1. The molecule has 8 heteroatoms. The zero-order valence-corrected chi connectivity index (χ0v) is 15.5. The van der Waals surface area contributed by atoms with Gasteiger partial charge in [-0.05, 0) is 56.5 Å². The number of urea groups is 1. The molecule has 1 N–H and O–H groups in total. The van der Waals surface area contributed by atoms with Gasteiger partial charge in [0.1, 0.15) is 11.8 Å². The van der Waals surface area contributed by atoms with Crippen LogP contribution in [0.15, 0.2) is 34.7 Å². The van der Waals surface area contributed by atoms with Crippen LogP contribution in [0.1, 0.15) is 35.6 Å². The third kappa shape index (κ3) is 3.08. The number of aryl methyl sites for hydroxylation is 1. The zero-order chi connectivity index (χ0) is 19.1. The molecule has 1 aromatic carbocycles. The number of nitrogens with zero attached hydrogens (tertiary/aromatic N) is 2. The van der Waals surface area contributed by atoms with E-state index in [9.17, 15) is 14.4 Å².